The lowest BCUT2D eigenvalue weighted by Crippen LogP contribution is -2.18. The predicted octanol–water partition coefficient (Wildman–Crippen LogP) is 7.56. The zero-order valence-electron chi connectivity index (χ0n) is 16.5. The lowest BCUT2D eigenvalue weighted by molar-refractivity contribution is -0.117. The molecule has 0 saturated heterocycles. The van der Waals surface area contributed by atoms with E-state index >= 15 is 0 Å². The number of hydrogen-bond donors (Lipinski definition) is 2. The normalized spacial score (nSPS) is 18.5. The van der Waals surface area contributed by atoms with Gasteiger partial charge in [-0.05, 0) is 54.1 Å². The van der Waals surface area contributed by atoms with Crippen molar-refractivity contribution in [3.63, 3.8) is 0 Å². The molecule has 3 aromatic carbocycles. The number of carbonyl (C=O) groups is 2. The molecular weight excluding hydrogens is 533 g/mol. The zero-order chi connectivity index (χ0) is 23.9. The van der Waals surface area contributed by atoms with Gasteiger partial charge in [-0.15, -0.1) is 23.2 Å². The summed E-state index contributed by atoms with van der Waals surface area (Å²) in [4.78, 5) is 25.5. The molecular formula is C23H14Cl5FN2O2. The number of hydrogen-bond acceptors (Lipinski definition) is 2. The molecule has 2 unspecified atom stereocenters. The topological polar surface area (TPSA) is 58.2 Å². The lowest BCUT2D eigenvalue weighted by Gasteiger charge is -2.11. The lowest BCUT2D eigenvalue weighted by atomic mass is 10.1. The van der Waals surface area contributed by atoms with E-state index < -0.39 is 33.8 Å². The second-order valence-electron chi connectivity index (χ2n) is 7.45. The van der Waals surface area contributed by atoms with Gasteiger partial charge in [-0.25, -0.2) is 4.39 Å². The van der Waals surface area contributed by atoms with Gasteiger partial charge in [0, 0.05) is 21.7 Å². The van der Waals surface area contributed by atoms with Crippen LogP contribution in [0.3, 0.4) is 0 Å². The number of carbonyl (C=O) groups excluding carboxylic acids is 2. The van der Waals surface area contributed by atoms with Crippen molar-refractivity contribution in [3.05, 3.63) is 92.7 Å². The maximum Gasteiger partial charge on any atom is 0.257 e. The molecule has 0 heterocycles. The molecule has 4 rings (SSSR count). The average molecular weight is 547 g/mol. The van der Waals surface area contributed by atoms with Crippen LogP contribution in [0.2, 0.25) is 15.1 Å². The second-order valence-corrected chi connectivity index (χ2v) is 10.2. The van der Waals surface area contributed by atoms with Gasteiger partial charge >= 0.3 is 0 Å². The van der Waals surface area contributed by atoms with Gasteiger partial charge in [-0.2, -0.15) is 0 Å². The molecule has 0 spiro atoms. The van der Waals surface area contributed by atoms with Crippen molar-refractivity contribution >= 4 is 81.2 Å². The molecule has 2 N–H and O–H groups in total. The molecule has 0 radical (unpaired) electrons. The molecule has 1 aliphatic rings. The van der Waals surface area contributed by atoms with Gasteiger partial charge in [-0.3, -0.25) is 9.59 Å². The van der Waals surface area contributed by atoms with E-state index in [1.807, 2.05) is 0 Å². The van der Waals surface area contributed by atoms with E-state index in [4.69, 9.17) is 58.0 Å². The van der Waals surface area contributed by atoms with Crippen molar-refractivity contribution in [1.29, 1.82) is 0 Å². The molecule has 0 aromatic heterocycles. The van der Waals surface area contributed by atoms with E-state index in [1.54, 1.807) is 24.3 Å². The minimum absolute atomic E-state index is 0.00285. The molecule has 10 heteroatoms. The number of rotatable bonds is 5. The summed E-state index contributed by atoms with van der Waals surface area (Å²) >= 11 is 31.0. The first-order valence-corrected chi connectivity index (χ1v) is 11.5. The van der Waals surface area contributed by atoms with Gasteiger partial charge < -0.3 is 10.6 Å². The Hall–Kier alpha value is -2.02. The summed E-state index contributed by atoms with van der Waals surface area (Å²) in [6, 6.07) is 15.0. The van der Waals surface area contributed by atoms with Crippen LogP contribution in [-0.4, -0.2) is 16.1 Å². The first-order chi connectivity index (χ1) is 15.6. The highest BCUT2D eigenvalue weighted by atomic mass is 35.5. The summed E-state index contributed by atoms with van der Waals surface area (Å²) in [7, 11) is 0. The van der Waals surface area contributed by atoms with E-state index in [9.17, 15) is 14.0 Å². The third kappa shape index (κ3) is 5.08. The first kappa shape index (κ1) is 24.1. The summed E-state index contributed by atoms with van der Waals surface area (Å²) in [5.41, 5.74) is 0.985. The number of halogens is 6. The highest BCUT2D eigenvalue weighted by Crippen LogP contribution is 2.65. The van der Waals surface area contributed by atoms with E-state index in [0.29, 0.717) is 21.3 Å². The van der Waals surface area contributed by atoms with Gasteiger partial charge in [0.2, 0.25) is 5.91 Å². The Balaban J connectivity index is 1.52. The molecule has 2 atom stereocenters. The minimum Gasteiger partial charge on any atom is -0.326 e. The van der Waals surface area contributed by atoms with Crippen LogP contribution in [0.25, 0.3) is 0 Å². The van der Waals surface area contributed by atoms with Crippen LogP contribution >= 0.6 is 58.0 Å². The number of nitrogens with one attached hydrogen (secondary N) is 2. The van der Waals surface area contributed by atoms with Crippen molar-refractivity contribution in [2.75, 3.05) is 10.6 Å². The van der Waals surface area contributed by atoms with E-state index in [2.05, 4.69) is 10.6 Å². The summed E-state index contributed by atoms with van der Waals surface area (Å²) in [6.07, 6.45) is 0. The standard InChI is InChI=1S/C23H14Cl5FN2O2/c24-12-7-11(8-13(25)9-12)19-20(23(19,27)28)22(33)30-14-5-6-16(26)15(10-14)21(32)31-18-4-2-1-3-17(18)29/h1-10,19-20H,(H,30,33)(H,31,32). The highest BCUT2D eigenvalue weighted by molar-refractivity contribution is 6.53. The summed E-state index contributed by atoms with van der Waals surface area (Å²) in [5.74, 6) is -2.98. The molecule has 1 aliphatic carbocycles. The fourth-order valence-electron chi connectivity index (χ4n) is 3.57. The molecule has 170 valence electrons. The van der Waals surface area contributed by atoms with Crippen molar-refractivity contribution in [1.82, 2.24) is 0 Å². The van der Waals surface area contributed by atoms with Crippen LogP contribution in [-0.2, 0) is 4.79 Å². The van der Waals surface area contributed by atoms with Crippen molar-refractivity contribution < 1.29 is 14.0 Å². The molecule has 0 bridgehead atoms. The fourth-order valence-corrected chi connectivity index (χ4v) is 5.15. The Bertz CT molecular complexity index is 1250. The quantitative estimate of drug-likeness (QED) is 0.325. The molecule has 3 aromatic rings. The molecule has 33 heavy (non-hydrogen) atoms. The molecule has 4 nitrogen and oxygen atoms in total. The molecule has 1 saturated carbocycles. The Labute approximate surface area is 213 Å². The third-order valence-corrected chi connectivity index (χ3v) is 6.89. The van der Waals surface area contributed by atoms with Crippen LogP contribution in [0.15, 0.2) is 60.7 Å². The Morgan fingerprint density at radius 2 is 1.55 bits per heavy atom. The van der Waals surface area contributed by atoms with E-state index in [-0.39, 0.29) is 16.3 Å². The largest absolute Gasteiger partial charge is 0.326 e. The summed E-state index contributed by atoms with van der Waals surface area (Å²) in [5, 5.41) is 6.08. The van der Waals surface area contributed by atoms with Gasteiger partial charge in [0.25, 0.3) is 5.91 Å². The van der Waals surface area contributed by atoms with Crippen LogP contribution in [0.1, 0.15) is 21.8 Å². The summed E-state index contributed by atoms with van der Waals surface area (Å²) < 4.78 is 12.5. The summed E-state index contributed by atoms with van der Waals surface area (Å²) in [6.45, 7) is 0. The van der Waals surface area contributed by atoms with Gasteiger partial charge in [0.05, 0.1) is 22.2 Å². The highest BCUT2D eigenvalue weighted by Gasteiger charge is 2.67. The molecule has 0 aliphatic heterocycles. The number of anilines is 2. The van der Waals surface area contributed by atoms with Gasteiger partial charge in [0.15, 0.2) is 0 Å². The average Bonchev–Trinajstić information content (AvgIpc) is 3.32. The number of benzene rings is 3. The minimum atomic E-state index is -1.35. The van der Waals surface area contributed by atoms with Gasteiger partial charge in [-0.1, -0.05) is 46.9 Å². The van der Waals surface area contributed by atoms with Crippen molar-refractivity contribution in [2.45, 2.75) is 10.3 Å². The Morgan fingerprint density at radius 3 is 2.21 bits per heavy atom. The zero-order valence-corrected chi connectivity index (χ0v) is 20.3. The Kier molecular flexibility index (Phi) is 6.81. The molecule has 2 amide bonds. The third-order valence-electron chi connectivity index (χ3n) is 5.18. The Morgan fingerprint density at radius 1 is 0.879 bits per heavy atom. The fraction of sp³-hybridized carbons (Fsp3) is 0.130. The smallest absolute Gasteiger partial charge is 0.257 e. The number of alkyl halides is 2. The monoisotopic (exact) mass is 544 g/mol. The van der Waals surface area contributed by atoms with Crippen molar-refractivity contribution in [3.8, 4) is 0 Å². The van der Waals surface area contributed by atoms with Crippen LogP contribution in [0.4, 0.5) is 15.8 Å². The van der Waals surface area contributed by atoms with E-state index in [0.717, 1.165) is 0 Å². The number of amides is 2. The van der Waals surface area contributed by atoms with Crippen LogP contribution < -0.4 is 10.6 Å². The molecule has 1 fully saturated rings. The number of para-hydroxylation sites is 1. The van der Waals surface area contributed by atoms with E-state index in [1.165, 1.54) is 36.4 Å². The van der Waals surface area contributed by atoms with Crippen molar-refractivity contribution in [2.24, 2.45) is 5.92 Å². The predicted molar refractivity (Wildman–Crippen MR) is 132 cm³/mol. The SMILES string of the molecule is O=C(Nc1ccccc1F)c1cc(NC(=O)C2C(c3cc(Cl)cc(Cl)c3)C2(Cl)Cl)ccc1Cl. The second kappa shape index (κ2) is 9.32. The van der Waals surface area contributed by atoms with Gasteiger partial charge in [0.1, 0.15) is 10.2 Å². The van der Waals surface area contributed by atoms with Crippen LogP contribution in [0.5, 0.6) is 0 Å². The maximum atomic E-state index is 13.9. The van der Waals surface area contributed by atoms with Crippen LogP contribution in [0, 0.1) is 11.7 Å². The maximum absolute atomic E-state index is 13.9. The first-order valence-electron chi connectivity index (χ1n) is 9.58.